The van der Waals surface area contributed by atoms with Gasteiger partial charge in [0.05, 0.1) is 0 Å². The summed E-state index contributed by atoms with van der Waals surface area (Å²) in [6.07, 6.45) is -0.712. The minimum atomic E-state index is -0.712. The molecule has 2 aromatic carbocycles. The average molecular weight is 382 g/mol. The van der Waals surface area contributed by atoms with Crippen LogP contribution in [0.1, 0.15) is 18.2 Å². The van der Waals surface area contributed by atoms with E-state index in [0.717, 1.165) is 22.5 Å². The first-order chi connectivity index (χ1) is 12.9. The van der Waals surface area contributed by atoms with Gasteiger partial charge in [-0.1, -0.05) is 29.8 Å². The van der Waals surface area contributed by atoms with E-state index < -0.39 is 6.10 Å². The number of amides is 1. The summed E-state index contributed by atoms with van der Waals surface area (Å²) in [4.78, 5) is 21.4. The van der Waals surface area contributed by atoms with Crippen molar-refractivity contribution in [2.75, 3.05) is 5.32 Å². The van der Waals surface area contributed by atoms with E-state index in [1.165, 1.54) is 0 Å². The molecule has 1 atom stereocenters. The van der Waals surface area contributed by atoms with Crippen LogP contribution in [0.25, 0.3) is 11.4 Å². The van der Waals surface area contributed by atoms with Gasteiger partial charge < -0.3 is 10.1 Å². The van der Waals surface area contributed by atoms with Gasteiger partial charge >= 0.3 is 0 Å². The molecular weight excluding hydrogens is 362 g/mol. The molecule has 0 radical (unpaired) electrons. The van der Waals surface area contributed by atoms with Crippen molar-refractivity contribution in [1.82, 2.24) is 9.97 Å². The molecule has 6 heteroatoms. The minimum absolute atomic E-state index is 0.245. The second kappa shape index (κ2) is 8.18. The third-order valence-corrected chi connectivity index (χ3v) is 4.40. The first-order valence-corrected chi connectivity index (χ1v) is 8.95. The lowest BCUT2D eigenvalue weighted by Gasteiger charge is -2.17. The number of benzene rings is 2. The van der Waals surface area contributed by atoms with Gasteiger partial charge in [0, 0.05) is 27.5 Å². The number of para-hydroxylation sites is 1. The van der Waals surface area contributed by atoms with Crippen molar-refractivity contribution in [3.05, 3.63) is 70.9 Å². The highest BCUT2D eigenvalue weighted by molar-refractivity contribution is 6.30. The Morgan fingerprint density at radius 3 is 2.37 bits per heavy atom. The molecule has 3 aromatic rings. The number of aromatic nitrogens is 2. The third kappa shape index (κ3) is 4.63. The molecule has 3 rings (SSSR count). The number of carbonyl (C=O) groups is 1. The van der Waals surface area contributed by atoms with E-state index in [4.69, 9.17) is 16.3 Å². The molecule has 0 aliphatic rings. The molecule has 27 heavy (non-hydrogen) atoms. The van der Waals surface area contributed by atoms with Crippen LogP contribution in [0.3, 0.4) is 0 Å². The van der Waals surface area contributed by atoms with Crippen LogP contribution in [0.5, 0.6) is 5.88 Å². The molecule has 1 unspecified atom stereocenters. The zero-order valence-electron chi connectivity index (χ0n) is 15.4. The number of rotatable bonds is 5. The number of nitrogens with zero attached hydrogens (tertiary/aromatic N) is 2. The Bertz CT molecular complexity index is 944. The Labute approximate surface area is 163 Å². The summed E-state index contributed by atoms with van der Waals surface area (Å²) < 4.78 is 5.86. The SMILES string of the molecule is Cc1nc(-c2ccc(Cl)cc2)nc(OC(C)C(=O)Nc2ccccc2)c1C. The van der Waals surface area contributed by atoms with Gasteiger partial charge in [-0.15, -0.1) is 0 Å². The predicted molar refractivity (Wildman–Crippen MR) is 107 cm³/mol. The van der Waals surface area contributed by atoms with Gasteiger partial charge in [-0.25, -0.2) is 4.98 Å². The Morgan fingerprint density at radius 2 is 1.70 bits per heavy atom. The molecule has 138 valence electrons. The van der Waals surface area contributed by atoms with Crippen molar-refractivity contribution in [1.29, 1.82) is 0 Å². The van der Waals surface area contributed by atoms with E-state index in [-0.39, 0.29) is 5.91 Å². The van der Waals surface area contributed by atoms with Crippen molar-refractivity contribution in [2.24, 2.45) is 0 Å². The van der Waals surface area contributed by atoms with Crippen molar-refractivity contribution >= 4 is 23.2 Å². The summed E-state index contributed by atoms with van der Waals surface area (Å²) in [6, 6.07) is 16.5. The van der Waals surface area contributed by atoms with E-state index in [0.29, 0.717) is 16.7 Å². The first-order valence-electron chi connectivity index (χ1n) is 8.58. The zero-order chi connectivity index (χ0) is 19.4. The summed E-state index contributed by atoms with van der Waals surface area (Å²) in [6.45, 7) is 5.45. The standard InChI is InChI=1S/C21H20ClN3O2/c1-13-14(2)23-19(16-9-11-17(22)12-10-16)25-21(13)27-15(3)20(26)24-18-7-5-4-6-8-18/h4-12,15H,1-3H3,(H,24,26). The number of hydrogen-bond donors (Lipinski definition) is 1. The molecule has 0 bridgehead atoms. The van der Waals surface area contributed by atoms with Crippen LogP contribution in [0.15, 0.2) is 54.6 Å². The summed E-state index contributed by atoms with van der Waals surface area (Å²) in [5.74, 6) is 0.675. The van der Waals surface area contributed by atoms with Crippen LogP contribution in [0, 0.1) is 13.8 Å². The van der Waals surface area contributed by atoms with Crippen molar-refractivity contribution in [2.45, 2.75) is 26.9 Å². The van der Waals surface area contributed by atoms with E-state index in [1.54, 1.807) is 19.1 Å². The lowest BCUT2D eigenvalue weighted by atomic mass is 10.2. The maximum absolute atomic E-state index is 12.4. The Balaban J connectivity index is 1.81. The highest BCUT2D eigenvalue weighted by atomic mass is 35.5. The molecular formula is C21H20ClN3O2. The number of aryl methyl sites for hydroxylation is 1. The number of nitrogens with one attached hydrogen (secondary N) is 1. The lowest BCUT2D eigenvalue weighted by molar-refractivity contribution is -0.122. The smallest absolute Gasteiger partial charge is 0.265 e. The summed E-state index contributed by atoms with van der Waals surface area (Å²) in [5, 5.41) is 3.47. The number of carbonyl (C=O) groups excluding carboxylic acids is 1. The molecule has 0 saturated heterocycles. The quantitative estimate of drug-likeness (QED) is 0.688. The number of hydrogen-bond acceptors (Lipinski definition) is 4. The molecule has 1 N–H and O–H groups in total. The Kier molecular flexibility index (Phi) is 5.72. The maximum Gasteiger partial charge on any atom is 0.265 e. The van der Waals surface area contributed by atoms with Gasteiger partial charge in [-0.2, -0.15) is 4.98 Å². The van der Waals surface area contributed by atoms with E-state index >= 15 is 0 Å². The molecule has 0 aliphatic carbocycles. The van der Waals surface area contributed by atoms with Crippen LogP contribution in [-0.4, -0.2) is 22.0 Å². The molecule has 5 nitrogen and oxygen atoms in total. The van der Waals surface area contributed by atoms with Crippen LogP contribution in [0.2, 0.25) is 5.02 Å². The second-order valence-corrected chi connectivity index (χ2v) is 6.62. The van der Waals surface area contributed by atoms with Crippen LogP contribution < -0.4 is 10.1 Å². The molecule has 1 aromatic heterocycles. The van der Waals surface area contributed by atoms with Crippen molar-refractivity contribution < 1.29 is 9.53 Å². The van der Waals surface area contributed by atoms with Gasteiger partial charge in [-0.05, 0) is 57.2 Å². The highest BCUT2D eigenvalue weighted by Gasteiger charge is 2.19. The normalized spacial score (nSPS) is 11.7. The van der Waals surface area contributed by atoms with Crippen molar-refractivity contribution in [3.63, 3.8) is 0 Å². The van der Waals surface area contributed by atoms with Gasteiger partial charge in [0.1, 0.15) is 0 Å². The summed E-state index contributed by atoms with van der Waals surface area (Å²) in [5.41, 5.74) is 3.14. The number of ether oxygens (including phenoxy) is 1. The van der Waals surface area contributed by atoms with E-state index in [1.807, 2.05) is 56.3 Å². The molecule has 0 aliphatic heterocycles. The predicted octanol–water partition coefficient (Wildman–Crippen LogP) is 4.82. The Morgan fingerprint density at radius 1 is 1.04 bits per heavy atom. The highest BCUT2D eigenvalue weighted by Crippen LogP contribution is 2.25. The Hall–Kier alpha value is -2.92. The molecule has 0 spiro atoms. The van der Waals surface area contributed by atoms with Gasteiger partial charge in [0.25, 0.3) is 5.91 Å². The summed E-state index contributed by atoms with van der Waals surface area (Å²) in [7, 11) is 0. The fourth-order valence-electron chi connectivity index (χ4n) is 2.43. The lowest BCUT2D eigenvalue weighted by Crippen LogP contribution is -2.30. The monoisotopic (exact) mass is 381 g/mol. The second-order valence-electron chi connectivity index (χ2n) is 6.19. The largest absolute Gasteiger partial charge is 0.464 e. The number of halogens is 1. The number of anilines is 1. The van der Waals surface area contributed by atoms with Crippen molar-refractivity contribution in [3.8, 4) is 17.3 Å². The van der Waals surface area contributed by atoms with Gasteiger partial charge in [-0.3, -0.25) is 4.79 Å². The zero-order valence-corrected chi connectivity index (χ0v) is 16.1. The maximum atomic E-state index is 12.4. The minimum Gasteiger partial charge on any atom is -0.464 e. The molecule has 1 heterocycles. The topological polar surface area (TPSA) is 64.1 Å². The fourth-order valence-corrected chi connectivity index (χ4v) is 2.56. The van der Waals surface area contributed by atoms with E-state index in [9.17, 15) is 4.79 Å². The first kappa shape index (κ1) is 18.9. The van der Waals surface area contributed by atoms with Gasteiger partial charge in [0.15, 0.2) is 11.9 Å². The third-order valence-electron chi connectivity index (χ3n) is 4.15. The van der Waals surface area contributed by atoms with Crippen LogP contribution >= 0.6 is 11.6 Å². The molecule has 0 saturated carbocycles. The fraction of sp³-hybridized carbons (Fsp3) is 0.190. The van der Waals surface area contributed by atoms with Crippen LogP contribution in [0.4, 0.5) is 5.69 Å². The van der Waals surface area contributed by atoms with E-state index in [2.05, 4.69) is 15.3 Å². The molecule has 1 amide bonds. The average Bonchev–Trinajstić information content (AvgIpc) is 2.66. The van der Waals surface area contributed by atoms with Gasteiger partial charge in [0.2, 0.25) is 5.88 Å². The van der Waals surface area contributed by atoms with Crippen LogP contribution in [-0.2, 0) is 4.79 Å². The molecule has 0 fully saturated rings. The summed E-state index contributed by atoms with van der Waals surface area (Å²) >= 11 is 5.95.